The summed E-state index contributed by atoms with van der Waals surface area (Å²) in [7, 11) is -1.36. The fraction of sp³-hybridized carbons (Fsp3) is 0.333. The van der Waals surface area contributed by atoms with Crippen molar-refractivity contribution in [1.82, 2.24) is 5.32 Å². The summed E-state index contributed by atoms with van der Waals surface area (Å²) >= 11 is 5.82. The molecule has 0 bridgehead atoms. The van der Waals surface area contributed by atoms with Gasteiger partial charge in [0, 0.05) is 11.1 Å². The maximum absolute atomic E-state index is 11.7. The van der Waals surface area contributed by atoms with Crippen molar-refractivity contribution in [2.24, 2.45) is 0 Å². The van der Waals surface area contributed by atoms with Crippen molar-refractivity contribution in [3.8, 4) is 0 Å². The lowest BCUT2D eigenvalue weighted by Gasteiger charge is -2.07. The average molecular weight is 232 g/mol. The minimum atomic E-state index is -3.10. The van der Waals surface area contributed by atoms with Crippen LogP contribution < -0.4 is 5.32 Å². The van der Waals surface area contributed by atoms with Crippen LogP contribution in [0.1, 0.15) is 11.6 Å². The Labute approximate surface area is 88.0 Å². The second kappa shape index (κ2) is 3.22. The maximum Gasteiger partial charge on any atom is 0.180 e. The van der Waals surface area contributed by atoms with Crippen molar-refractivity contribution in [2.45, 2.75) is 10.9 Å². The zero-order valence-electron chi connectivity index (χ0n) is 7.62. The van der Waals surface area contributed by atoms with E-state index in [4.69, 9.17) is 11.6 Å². The van der Waals surface area contributed by atoms with Crippen LogP contribution in [0.15, 0.2) is 23.1 Å². The maximum atomic E-state index is 11.7. The zero-order valence-corrected chi connectivity index (χ0v) is 9.19. The van der Waals surface area contributed by atoms with Gasteiger partial charge in [0.2, 0.25) is 0 Å². The summed E-state index contributed by atoms with van der Waals surface area (Å²) in [5, 5.41) is 3.54. The molecule has 0 fully saturated rings. The third kappa shape index (κ3) is 1.43. The largest absolute Gasteiger partial charge is 0.312 e. The van der Waals surface area contributed by atoms with Crippen LogP contribution in [-0.2, 0) is 9.84 Å². The molecule has 0 radical (unpaired) electrons. The van der Waals surface area contributed by atoms with E-state index in [1.807, 2.05) is 0 Å². The van der Waals surface area contributed by atoms with Gasteiger partial charge in [0.1, 0.15) is 0 Å². The van der Waals surface area contributed by atoms with Crippen LogP contribution in [-0.4, -0.2) is 21.2 Å². The smallest absolute Gasteiger partial charge is 0.180 e. The summed E-state index contributed by atoms with van der Waals surface area (Å²) in [6.45, 7) is 0. The number of benzene rings is 1. The molecule has 0 aromatic heterocycles. The number of fused-ring (bicyclic) bond motifs is 1. The van der Waals surface area contributed by atoms with E-state index >= 15 is 0 Å². The fourth-order valence-corrected chi connectivity index (χ4v) is 3.69. The Balaban J connectivity index is 2.65. The van der Waals surface area contributed by atoms with Crippen LogP contribution in [0.4, 0.5) is 0 Å². The average Bonchev–Trinajstić information content (AvgIpc) is 2.37. The van der Waals surface area contributed by atoms with Gasteiger partial charge < -0.3 is 5.32 Å². The summed E-state index contributed by atoms with van der Waals surface area (Å²) in [5.74, 6) is 0.124. The van der Waals surface area contributed by atoms with Gasteiger partial charge in [-0.05, 0) is 30.8 Å². The van der Waals surface area contributed by atoms with E-state index in [1.54, 1.807) is 25.2 Å². The Hall–Kier alpha value is -0.580. The van der Waals surface area contributed by atoms with Crippen molar-refractivity contribution in [3.05, 3.63) is 28.8 Å². The molecule has 1 atom stereocenters. The van der Waals surface area contributed by atoms with Gasteiger partial charge in [-0.15, -0.1) is 0 Å². The SMILES string of the molecule is CNC1CS(=O)(=O)c2ccc(Cl)cc21. The van der Waals surface area contributed by atoms with Crippen LogP contribution in [0, 0.1) is 0 Å². The number of halogens is 1. The monoisotopic (exact) mass is 231 g/mol. The van der Waals surface area contributed by atoms with E-state index < -0.39 is 9.84 Å². The van der Waals surface area contributed by atoms with Crippen LogP contribution >= 0.6 is 11.6 Å². The molecule has 0 amide bonds. The van der Waals surface area contributed by atoms with Gasteiger partial charge in [-0.1, -0.05) is 11.6 Å². The molecule has 0 saturated carbocycles. The first-order chi connectivity index (χ1) is 6.54. The normalized spacial score (nSPS) is 23.4. The lowest BCUT2D eigenvalue weighted by Crippen LogP contribution is -2.17. The molecule has 76 valence electrons. The van der Waals surface area contributed by atoms with E-state index in [-0.39, 0.29) is 11.8 Å². The molecular weight excluding hydrogens is 222 g/mol. The van der Waals surface area contributed by atoms with Crippen molar-refractivity contribution < 1.29 is 8.42 Å². The van der Waals surface area contributed by atoms with E-state index in [0.717, 1.165) is 5.56 Å². The van der Waals surface area contributed by atoms with Crippen LogP contribution in [0.5, 0.6) is 0 Å². The molecule has 1 heterocycles. The van der Waals surface area contributed by atoms with Crippen LogP contribution in [0.25, 0.3) is 0 Å². The standard InChI is InChI=1S/C9H10ClNO2S/c1-11-8-5-14(12,13)9-3-2-6(10)4-7(8)9/h2-4,8,11H,5H2,1H3. The molecule has 0 saturated heterocycles. The predicted octanol–water partition coefficient (Wildman–Crippen LogP) is 1.39. The Morgan fingerprint density at radius 1 is 1.50 bits per heavy atom. The van der Waals surface area contributed by atoms with Crippen molar-refractivity contribution in [3.63, 3.8) is 0 Å². The minimum absolute atomic E-state index is 0.124. The molecule has 5 heteroatoms. The molecule has 0 aliphatic carbocycles. The zero-order chi connectivity index (χ0) is 10.3. The van der Waals surface area contributed by atoms with Gasteiger partial charge in [0.15, 0.2) is 9.84 Å². The van der Waals surface area contributed by atoms with Crippen molar-refractivity contribution in [2.75, 3.05) is 12.8 Å². The van der Waals surface area contributed by atoms with Gasteiger partial charge >= 0.3 is 0 Å². The van der Waals surface area contributed by atoms with Gasteiger partial charge in [0.25, 0.3) is 0 Å². The fourth-order valence-electron chi connectivity index (χ4n) is 1.71. The summed E-state index contributed by atoms with van der Waals surface area (Å²) in [4.78, 5) is 0.404. The highest BCUT2D eigenvalue weighted by Gasteiger charge is 2.33. The molecule has 1 aliphatic heterocycles. The third-order valence-electron chi connectivity index (χ3n) is 2.42. The van der Waals surface area contributed by atoms with E-state index in [2.05, 4.69) is 5.32 Å². The van der Waals surface area contributed by atoms with Gasteiger partial charge in [-0.2, -0.15) is 0 Å². The molecule has 3 nitrogen and oxygen atoms in total. The molecule has 1 aromatic carbocycles. The van der Waals surface area contributed by atoms with Crippen LogP contribution in [0.2, 0.25) is 5.02 Å². The summed E-state index contributed by atoms with van der Waals surface area (Å²) < 4.78 is 23.3. The van der Waals surface area contributed by atoms with Gasteiger partial charge in [-0.25, -0.2) is 8.42 Å². The first-order valence-corrected chi connectivity index (χ1v) is 6.27. The van der Waals surface area contributed by atoms with E-state index in [9.17, 15) is 8.42 Å². The molecule has 1 aliphatic rings. The number of hydrogen-bond donors (Lipinski definition) is 1. The van der Waals surface area contributed by atoms with Gasteiger partial charge in [-0.3, -0.25) is 0 Å². The number of sulfone groups is 1. The first-order valence-electron chi connectivity index (χ1n) is 4.24. The van der Waals surface area contributed by atoms with E-state index in [1.165, 1.54) is 0 Å². The highest BCUT2D eigenvalue weighted by atomic mass is 35.5. The first kappa shape index (κ1) is 9.96. The second-order valence-corrected chi connectivity index (χ2v) is 5.74. The molecule has 1 unspecified atom stereocenters. The number of nitrogens with one attached hydrogen (secondary N) is 1. The number of rotatable bonds is 1. The molecule has 1 aromatic rings. The Kier molecular flexibility index (Phi) is 2.29. The lowest BCUT2D eigenvalue weighted by atomic mass is 10.1. The summed E-state index contributed by atoms with van der Waals surface area (Å²) in [6, 6.07) is 4.76. The third-order valence-corrected chi connectivity index (χ3v) is 4.47. The molecule has 0 spiro atoms. The highest BCUT2D eigenvalue weighted by molar-refractivity contribution is 7.91. The van der Waals surface area contributed by atoms with Crippen molar-refractivity contribution in [1.29, 1.82) is 0 Å². The topological polar surface area (TPSA) is 46.2 Å². The molecule has 2 rings (SSSR count). The van der Waals surface area contributed by atoms with E-state index in [0.29, 0.717) is 9.92 Å². The predicted molar refractivity (Wildman–Crippen MR) is 55.3 cm³/mol. The Morgan fingerprint density at radius 2 is 2.21 bits per heavy atom. The summed E-state index contributed by atoms with van der Waals surface area (Å²) in [5.41, 5.74) is 0.778. The quantitative estimate of drug-likeness (QED) is 0.795. The van der Waals surface area contributed by atoms with Crippen molar-refractivity contribution >= 4 is 21.4 Å². The van der Waals surface area contributed by atoms with Gasteiger partial charge in [0.05, 0.1) is 10.6 Å². The number of hydrogen-bond acceptors (Lipinski definition) is 3. The highest BCUT2D eigenvalue weighted by Crippen LogP contribution is 2.34. The Bertz CT molecular complexity index is 470. The summed E-state index contributed by atoms with van der Waals surface area (Å²) in [6.07, 6.45) is 0. The minimum Gasteiger partial charge on any atom is -0.312 e. The molecular formula is C9H10ClNO2S. The second-order valence-electron chi connectivity index (χ2n) is 3.30. The Morgan fingerprint density at radius 3 is 2.86 bits per heavy atom. The molecule has 14 heavy (non-hydrogen) atoms. The van der Waals surface area contributed by atoms with Crippen LogP contribution in [0.3, 0.4) is 0 Å². The lowest BCUT2D eigenvalue weighted by molar-refractivity contribution is 0.591. The molecule has 1 N–H and O–H groups in total.